The lowest BCUT2D eigenvalue weighted by Crippen LogP contribution is -2.42. The first kappa shape index (κ1) is 17.9. The normalized spacial score (nSPS) is 16.1. The molecule has 0 radical (unpaired) electrons. The molecular weight excluding hydrogens is 379 g/mol. The average Bonchev–Trinajstić information content (AvgIpc) is 2.52. The van der Waals surface area contributed by atoms with Crippen LogP contribution in [0.15, 0.2) is 45.9 Å². The van der Waals surface area contributed by atoms with Crippen LogP contribution in [0.2, 0.25) is 0 Å². The van der Waals surface area contributed by atoms with Gasteiger partial charge in [-0.2, -0.15) is 0 Å². The molecule has 3 rings (SSSR count). The largest absolute Gasteiger partial charge is 0.365 e. The Labute approximate surface area is 157 Å². The summed E-state index contributed by atoms with van der Waals surface area (Å²) in [5.41, 5.74) is 5.41. The van der Waals surface area contributed by atoms with Crippen LogP contribution in [-0.4, -0.2) is 18.8 Å². The molecule has 0 saturated carbocycles. The van der Waals surface area contributed by atoms with Crippen LogP contribution in [0.4, 0.5) is 15.8 Å². The fourth-order valence-corrected chi connectivity index (χ4v) is 3.74. The third-order valence-corrected chi connectivity index (χ3v) is 5.42. The molecule has 0 unspecified atom stereocenters. The van der Waals surface area contributed by atoms with Crippen molar-refractivity contribution in [2.45, 2.75) is 33.2 Å². The molecule has 2 aromatic rings. The lowest BCUT2D eigenvalue weighted by Gasteiger charge is -2.40. The van der Waals surface area contributed by atoms with Crippen molar-refractivity contribution in [1.29, 1.82) is 0 Å². The third-order valence-electron chi connectivity index (χ3n) is 4.78. The van der Waals surface area contributed by atoms with Gasteiger partial charge in [-0.15, -0.1) is 0 Å². The molecule has 0 fully saturated rings. The molecule has 2 aromatic carbocycles. The molecule has 0 bridgehead atoms. The van der Waals surface area contributed by atoms with Gasteiger partial charge < -0.3 is 4.90 Å². The van der Waals surface area contributed by atoms with E-state index in [4.69, 9.17) is 0 Å². The number of aliphatic imine (C=N–C) groups is 1. The molecule has 2 nitrogen and oxygen atoms in total. The van der Waals surface area contributed by atoms with Gasteiger partial charge in [-0.1, -0.05) is 12.1 Å². The van der Waals surface area contributed by atoms with Crippen LogP contribution in [-0.2, 0) is 0 Å². The van der Waals surface area contributed by atoms with E-state index in [-0.39, 0.29) is 11.4 Å². The highest BCUT2D eigenvalue weighted by atomic mass is 79.9. The van der Waals surface area contributed by atoms with E-state index in [0.717, 1.165) is 32.5 Å². The van der Waals surface area contributed by atoms with Crippen molar-refractivity contribution in [1.82, 2.24) is 0 Å². The number of nitrogens with zero attached hydrogens (tertiary/aromatic N) is 2. The van der Waals surface area contributed by atoms with Gasteiger partial charge in [0.15, 0.2) is 0 Å². The fraction of sp³-hybridized carbons (Fsp3) is 0.286. The van der Waals surface area contributed by atoms with E-state index in [9.17, 15) is 4.39 Å². The zero-order chi connectivity index (χ0) is 18.4. The van der Waals surface area contributed by atoms with Gasteiger partial charge in [0.2, 0.25) is 0 Å². The number of fused-ring (bicyclic) bond motifs is 1. The van der Waals surface area contributed by atoms with Gasteiger partial charge in [0.25, 0.3) is 0 Å². The van der Waals surface area contributed by atoms with Crippen LogP contribution in [0.5, 0.6) is 0 Å². The molecule has 1 aliphatic heterocycles. The molecule has 0 amide bonds. The van der Waals surface area contributed by atoms with Crippen molar-refractivity contribution in [2.75, 3.05) is 11.9 Å². The molecule has 0 aliphatic carbocycles. The quantitative estimate of drug-likeness (QED) is 0.541. The van der Waals surface area contributed by atoms with E-state index in [1.165, 1.54) is 0 Å². The van der Waals surface area contributed by atoms with Crippen molar-refractivity contribution in [3.63, 3.8) is 0 Å². The topological polar surface area (TPSA) is 15.6 Å². The Bertz CT molecular complexity index is 897. The maximum Gasteiger partial charge on any atom is 0.134 e. The SMILES string of the molecule is CC1=CC(C)(C)N(C)c2cc(F)c(C=Nc3ccc(C)cc3Br)cc21. The highest BCUT2D eigenvalue weighted by Gasteiger charge is 2.29. The smallest absolute Gasteiger partial charge is 0.134 e. The van der Waals surface area contributed by atoms with E-state index in [1.807, 2.05) is 38.2 Å². The minimum Gasteiger partial charge on any atom is -0.365 e. The molecule has 0 N–H and O–H groups in total. The number of hydrogen-bond acceptors (Lipinski definition) is 2. The number of allylic oxidation sites excluding steroid dienone is 1. The van der Waals surface area contributed by atoms with E-state index in [2.05, 4.69) is 52.7 Å². The first-order valence-electron chi connectivity index (χ1n) is 8.26. The molecule has 0 aromatic heterocycles. The van der Waals surface area contributed by atoms with Gasteiger partial charge in [0, 0.05) is 34.5 Å². The summed E-state index contributed by atoms with van der Waals surface area (Å²) in [6, 6.07) is 9.41. The molecule has 1 heterocycles. The van der Waals surface area contributed by atoms with Gasteiger partial charge in [-0.05, 0) is 79.0 Å². The lowest BCUT2D eigenvalue weighted by atomic mass is 9.88. The van der Waals surface area contributed by atoms with E-state index in [1.54, 1.807) is 12.3 Å². The minimum absolute atomic E-state index is 0.133. The van der Waals surface area contributed by atoms with Gasteiger partial charge in [-0.3, -0.25) is 4.99 Å². The number of benzene rings is 2. The highest BCUT2D eigenvalue weighted by molar-refractivity contribution is 9.10. The first-order valence-corrected chi connectivity index (χ1v) is 9.06. The number of halogens is 2. The van der Waals surface area contributed by atoms with Gasteiger partial charge >= 0.3 is 0 Å². The molecule has 0 spiro atoms. The first-order chi connectivity index (χ1) is 11.7. The number of aryl methyl sites for hydroxylation is 1. The number of anilines is 1. The second-order valence-corrected chi connectivity index (χ2v) is 8.00. The summed E-state index contributed by atoms with van der Waals surface area (Å²) in [5.74, 6) is -0.261. The summed E-state index contributed by atoms with van der Waals surface area (Å²) in [6.07, 6.45) is 3.81. The monoisotopic (exact) mass is 400 g/mol. The number of hydrogen-bond donors (Lipinski definition) is 0. The van der Waals surface area contributed by atoms with Crippen molar-refractivity contribution < 1.29 is 4.39 Å². The van der Waals surface area contributed by atoms with Crippen LogP contribution >= 0.6 is 15.9 Å². The highest BCUT2D eigenvalue weighted by Crippen LogP contribution is 2.39. The van der Waals surface area contributed by atoms with Crippen LogP contribution in [0.3, 0.4) is 0 Å². The number of likely N-dealkylation sites (N-methyl/N-ethyl adjacent to an activating group) is 1. The maximum atomic E-state index is 14.6. The van der Waals surface area contributed by atoms with Crippen LogP contribution < -0.4 is 4.90 Å². The van der Waals surface area contributed by atoms with Crippen molar-refractivity contribution in [3.8, 4) is 0 Å². The summed E-state index contributed by atoms with van der Waals surface area (Å²) in [5, 5.41) is 0. The van der Waals surface area contributed by atoms with E-state index >= 15 is 0 Å². The second kappa shape index (κ2) is 6.41. The van der Waals surface area contributed by atoms with Crippen LogP contribution in [0.1, 0.15) is 37.5 Å². The second-order valence-electron chi connectivity index (χ2n) is 7.14. The Balaban J connectivity index is 2.02. The van der Waals surface area contributed by atoms with Gasteiger partial charge in [-0.25, -0.2) is 4.39 Å². The zero-order valence-corrected chi connectivity index (χ0v) is 16.8. The Hall–Kier alpha value is -1.94. The molecule has 0 atom stereocenters. The Morgan fingerprint density at radius 3 is 2.56 bits per heavy atom. The fourth-order valence-electron chi connectivity index (χ4n) is 3.14. The molecule has 0 saturated heterocycles. The summed E-state index contributed by atoms with van der Waals surface area (Å²) in [7, 11) is 2.00. The van der Waals surface area contributed by atoms with E-state index in [0.29, 0.717) is 5.56 Å². The maximum absolute atomic E-state index is 14.6. The Morgan fingerprint density at radius 2 is 1.88 bits per heavy atom. The zero-order valence-electron chi connectivity index (χ0n) is 15.2. The standard InChI is InChI=1S/C21H22BrFN2/c1-13-6-7-19(17(22)8-13)24-12-15-9-16-14(2)11-21(3,4)25(5)20(16)10-18(15)23/h6-12H,1-5H3. The molecule has 4 heteroatoms. The molecule has 1 aliphatic rings. The summed E-state index contributed by atoms with van der Waals surface area (Å²) in [6.45, 7) is 8.35. The van der Waals surface area contributed by atoms with Crippen molar-refractivity contribution in [2.24, 2.45) is 4.99 Å². The summed E-state index contributed by atoms with van der Waals surface area (Å²) in [4.78, 5) is 6.56. The molecular formula is C21H22BrFN2. The average molecular weight is 401 g/mol. The van der Waals surface area contributed by atoms with Gasteiger partial charge in [0.05, 0.1) is 11.2 Å². The van der Waals surface area contributed by atoms with Crippen molar-refractivity contribution in [3.05, 3.63) is 63.4 Å². The number of rotatable bonds is 2. The Morgan fingerprint density at radius 1 is 1.16 bits per heavy atom. The predicted octanol–water partition coefficient (Wildman–Crippen LogP) is 6.28. The third kappa shape index (κ3) is 3.40. The predicted molar refractivity (Wildman–Crippen MR) is 109 cm³/mol. The molecule has 25 heavy (non-hydrogen) atoms. The minimum atomic E-state index is -0.261. The summed E-state index contributed by atoms with van der Waals surface area (Å²) >= 11 is 3.51. The lowest BCUT2D eigenvalue weighted by molar-refractivity contribution is 0.589. The summed E-state index contributed by atoms with van der Waals surface area (Å²) < 4.78 is 15.6. The van der Waals surface area contributed by atoms with Crippen LogP contribution in [0, 0.1) is 12.7 Å². The van der Waals surface area contributed by atoms with Gasteiger partial charge in [0.1, 0.15) is 5.82 Å². The molecule has 130 valence electrons. The van der Waals surface area contributed by atoms with Crippen molar-refractivity contribution >= 4 is 39.1 Å². The Kier molecular flexibility index (Phi) is 4.58. The van der Waals surface area contributed by atoms with Crippen LogP contribution in [0.25, 0.3) is 5.57 Å². The van der Waals surface area contributed by atoms with E-state index < -0.39 is 0 Å².